The molecule has 2 unspecified atom stereocenters. The third-order valence-electron chi connectivity index (χ3n) is 8.47. The van der Waals surface area contributed by atoms with Crippen molar-refractivity contribution in [2.45, 2.75) is 115 Å². The molecule has 0 radical (unpaired) electrons. The summed E-state index contributed by atoms with van der Waals surface area (Å²) in [5.41, 5.74) is 0.653. The van der Waals surface area contributed by atoms with Crippen molar-refractivity contribution in [3.05, 3.63) is 44.8 Å². The van der Waals surface area contributed by atoms with Crippen molar-refractivity contribution in [3.63, 3.8) is 0 Å². The van der Waals surface area contributed by atoms with Crippen LogP contribution in [0.3, 0.4) is 0 Å². The molecule has 216 valence electrons. The van der Waals surface area contributed by atoms with Crippen LogP contribution in [0, 0.1) is 12.8 Å². The van der Waals surface area contributed by atoms with E-state index < -0.39 is 44.1 Å². The summed E-state index contributed by atoms with van der Waals surface area (Å²) in [4.78, 5) is 26.8. The summed E-state index contributed by atoms with van der Waals surface area (Å²) in [6.45, 7) is 21.0. The number of aryl methyl sites for hydroxylation is 1. The number of rotatable bonds is 9. The molecule has 1 aromatic heterocycles. The molecule has 0 aromatic carbocycles. The number of aromatic amines is 1. The third-order valence-corrected chi connectivity index (χ3v) is 17.8. The Hall–Kier alpha value is -0.523. The first kappa shape index (κ1) is 32.0. The summed E-state index contributed by atoms with van der Waals surface area (Å²) in [6, 6.07) is 0. The predicted molar refractivity (Wildman–Crippen MR) is 162 cm³/mol. The Balaban J connectivity index is 1.73. The Morgan fingerprint density at radius 3 is 2.63 bits per heavy atom. The summed E-state index contributed by atoms with van der Waals surface area (Å²) in [7, 11) is -2.15. The van der Waals surface area contributed by atoms with Gasteiger partial charge in [0.05, 0.1) is 18.8 Å². The molecule has 3 rings (SSSR count). The number of allylic oxidation sites excluding steroid dienone is 1. The van der Waals surface area contributed by atoms with Crippen LogP contribution in [0.1, 0.15) is 72.1 Å². The van der Waals surface area contributed by atoms with Gasteiger partial charge >= 0.3 is 5.69 Å². The summed E-state index contributed by atoms with van der Waals surface area (Å²) in [5, 5.41) is 10.9. The van der Waals surface area contributed by atoms with Gasteiger partial charge in [0.1, 0.15) is 18.5 Å². The monoisotopic (exact) mass is 604 g/mol. The first-order valence-corrected chi connectivity index (χ1v) is 20.3. The number of nitrogens with zero attached hydrogens (tertiary/aromatic N) is 1. The molecule has 1 aliphatic carbocycles. The molecule has 2 heterocycles. The third kappa shape index (κ3) is 7.40. The van der Waals surface area contributed by atoms with E-state index in [0.717, 1.165) is 18.4 Å². The maximum atomic E-state index is 12.6. The Labute approximate surface area is 237 Å². The molecule has 1 aromatic rings. The van der Waals surface area contributed by atoms with Crippen LogP contribution < -0.4 is 11.2 Å². The maximum Gasteiger partial charge on any atom is 0.330 e. The summed E-state index contributed by atoms with van der Waals surface area (Å²) < 4.78 is 20.4. The fourth-order valence-corrected chi connectivity index (χ4v) is 11.4. The van der Waals surface area contributed by atoms with Gasteiger partial charge in [-0.05, 0) is 64.1 Å². The number of aromatic nitrogens is 2. The zero-order valence-corrected chi connectivity index (χ0v) is 27.6. The summed E-state index contributed by atoms with van der Waals surface area (Å²) in [6.07, 6.45) is 1.11. The Kier molecular flexibility index (Phi) is 10.2. The minimum absolute atomic E-state index is 0.00190. The van der Waals surface area contributed by atoms with E-state index in [0.29, 0.717) is 24.3 Å². The van der Waals surface area contributed by atoms with E-state index >= 15 is 0 Å². The van der Waals surface area contributed by atoms with Gasteiger partial charge in [-0.3, -0.25) is 14.3 Å². The van der Waals surface area contributed by atoms with Gasteiger partial charge in [0, 0.05) is 22.9 Å². The van der Waals surface area contributed by atoms with Crippen LogP contribution in [0.25, 0.3) is 0 Å². The second-order valence-electron chi connectivity index (χ2n) is 12.6. The number of ether oxygens (including phenoxy) is 1. The second-order valence-corrected chi connectivity index (χ2v) is 22.9. The van der Waals surface area contributed by atoms with Crippen molar-refractivity contribution in [3.8, 4) is 0 Å². The van der Waals surface area contributed by atoms with Gasteiger partial charge in [-0.15, -0.1) is 0 Å². The van der Waals surface area contributed by atoms with Crippen LogP contribution in [-0.2, 0) is 25.5 Å². The number of aliphatic hydroxyl groups is 1. The van der Waals surface area contributed by atoms with Crippen LogP contribution in [0.4, 0.5) is 0 Å². The average molecular weight is 605 g/mol. The van der Waals surface area contributed by atoms with E-state index in [9.17, 15) is 14.7 Å². The van der Waals surface area contributed by atoms with Gasteiger partial charge in [0.2, 0.25) is 0 Å². The highest BCUT2D eigenvalue weighted by Crippen LogP contribution is 2.55. The summed E-state index contributed by atoms with van der Waals surface area (Å²) >= 11 is 7.35. The standard InChI is InChI=1S/C26H45N2O6PS2Si/c1-16(2)18-10-11-26(7,21(29)12-18)37-35(36)32-15-20-19(34-38(8,9)25(4,5)6)13-22(33-20)28-14-17(3)23(30)27-24(28)31/h14,18-22,29,35H,1,10-13,15H2,2-9H3,(H,27,30,31)/t18-,19?,20+,21+,22+,26+/m0/s1. The fourth-order valence-electron chi connectivity index (χ4n) is 4.70. The highest BCUT2D eigenvalue weighted by atomic mass is 32.9. The number of hydrogen-bond donors (Lipinski definition) is 2. The van der Waals surface area contributed by atoms with Crippen LogP contribution >= 0.6 is 17.5 Å². The lowest BCUT2D eigenvalue weighted by atomic mass is 9.77. The number of nitrogens with one attached hydrogen (secondary N) is 1. The number of hydrogen-bond acceptors (Lipinski definition) is 8. The SMILES string of the molecule is C=C(C)[C@H]1CC[C@@](C)(S[PH](=S)OC[C@H]2O[C@@H](n3cc(C)c(=O)[nH]c3=O)CC2O[Si](C)(C)C(C)(C)C)[C@H](O)C1. The Morgan fingerprint density at radius 1 is 1.39 bits per heavy atom. The zero-order valence-electron chi connectivity index (χ0n) is 24.0. The van der Waals surface area contributed by atoms with Crippen LogP contribution in [0.5, 0.6) is 0 Å². The van der Waals surface area contributed by atoms with E-state index in [1.165, 1.54) is 4.57 Å². The van der Waals surface area contributed by atoms with Gasteiger partial charge in [-0.2, -0.15) is 0 Å². The fraction of sp³-hybridized carbons (Fsp3) is 0.769. The Bertz CT molecular complexity index is 1170. The molecular formula is C26H45N2O6PS2Si. The van der Waals surface area contributed by atoms with Crippen molar-refractivity contribution in [2.24, 2.45) is 5.92 Å². The number of aliphatic hydroxyl groups excluding tert-OH is 1. The van der Waals surface area contributed by atoms with Gasteiger partial charge in [0.25, 0.3) is 5.56 Å². The van der Waals surface area contributed by atoms with Gasteiger partial charge in [-0.1, -0.05) is 56.1 Å². The lowest BCUT2D eigenvalue weighted by Crippen LogP contribution is -2.46. The molecule has 2 aliphatic rings. The molecule has 1 saturated heterocycles. The minimum atomic E-state index is -2.15. The molecule has 1 aliphatic heterocycles. The van der Waals surface area contributed by atoms with E-state index in [2.05, 4.69) is 52.4 Å². The van der Waals surface area contributed by atoms with E-state index in [1.54, 1.807) is 24.5 Å². The normalized spacial score (nSPS) is 31.3. The average Bonchev–Trinajstić information content (AvgIpc) is 3.17. The van der Waals surface area contributed by atoms with Crippen molar-refractivity contribution >= 4 is 37.6 Å². The molecule has 0 bridgehead atoms. The van der Waals surface area contributed by atoms with Crippen molar-refractivity contribution in [1.29, 1.82) is 0 Å². The number of H-pyrrole nitrogens is 1. The molecule has 2 N–H and O–H groups in total. The lowest BCUT2D eigenvalue weighted by molar-refractivity contribution is -0.0365. The molecule has 38 heavy (non-hydrogen) atoms. The molecule has 8 nitrogen and oxygen atoms in total. The van der Waals surface area contributed by atoms with E-state index in [4.69, 9.17) is 25.5 Å². The molecular weight excluding hydrogens is 559 g/mol. The molecule has 1 saturated carbocycles. The highest BCUT2D eigenvalue weighted by molar-refractivity contribution is 8.63. The van der Waals surface area contributed by atoms with E-state index in [-0.39, 0.29) is 22.5 Å². The molecule has 0 amide bonds. The zero-order chi connectivity index (χ0) is 28.6. The minimum Gasteiger partial charge on any atom is -0.411 e. The molecule has 12 heteroatoms. The van der Waals surface area contributed by atoms with Crippen LogP contribution in [0.2, 0.25) is 18.1 Å². The highest BCUT2D eigenvalue weighted by Gasteiger charge is 2.46. The maximum absolute atomic E-state index is 12.6. The topological polar surface area (TPSA) is 103 Å². The van der Waals surface area contributed by atoms with Crippen LogP contribution in [0.15, 0.2) is 27.9 Å². The molecule has 7 atom stereocenters. The molecule has 0 spiro atoms. The molecule has 2 fully saturated rings. The smallest absolute Gasteiger partial charge is 0.330 e. The van der Waals surface area contributed by atoms with Gasteiger partial charge in [-0.25, -0.2) is 4.79 Å². The van der Waals surface area contributed by atoms with Gasteiger partial charge in [0.15, 0.2) is 8.32 Å². The largest absolute Gasteiger partial charge is 0.411 e. The lowest BCUT2D eigenvalue weighted by Gasteiger charge is -2.41. The first-order valence-electron chi connectivity index (χ1n) is 13.3. The van der Waals surface area contributed by atoms with Gasteiger partial charge < -0.3 is 18.8 Å². The second kappa shape index (κ2) is 12.1. The van der Waals surface area contributed by atoms with Crippen molar-refractivity contribution < 1.29 is 18.8 Å². The Morgan fingerprint density at radius 2 is 2.05 bits per heavy atom. The van der Waals surface area contributed by atoms with Crippen LogP contribution in [-0.4, -0.2) is 52.6 Å². The summed E-state index contributed by atoms with van der Waals surface area (Å²) in [5.74, 6) is 0.345. The van der Waals surface area contributed by atoms with Crippen molar-refractivity contribution in [2.75, 3.05) is 6.61 Å². The quantitative estimate of drug-likeness (QED) is 0.223. The van der Waals surface area contributed by atoms with Crippen molar-refractivity contribution in [1.82, 2.24) is 9.55 Å². The van der Waals surface area contributed by atoms with E-state index in [1.807, 2.05) is 6.92 Å². The first-order chi connectivity index (χ1) is 17.4. The predicted octanol–water partition coefficient (Wildman–Crippen LogP) is 5.27.